The fraction of sp³-hybridized carbons (Fsp3) is 0.417. The SMILES string of the molecule is CCN1CC(c2nn[nH]n2)c2ccc(OC)cc21. The van der Waals surface area contributed by atoms with Gasteiger partial charge in [-0.15, -0.1) is 10.2 Å². The predicted octanol–water partition coefficient (Wildman–Crippen LogP) is 1.18. The Morgan fingerprint density at radius 1 is 1.50 bits per heavy atom. The quantitative estimate of drug-likeness (QED) is 0.879. The third-order valence-electron chi connectivity index (χ3n) is 3.41. The zero-order valence-corrected chi connectivity index (χ0v) is 10.4. The number of nitrogens with one attached hydrogen (secondary N) is 1. The summed E-state index contributed by atoms with van der Waals surface area (Å²) >= 11 is 0. The molecule has 1 aromatic carbocycles. The summed E-state index contributed by atoms with van der Waals surface area (Å²) in [7, 11) is 1.68. The van der Waals surface area contributed by atoms with Gasteiger partial charge >= 0.3 is 0 Å². The first-order valence-corrected chi connectivity index (χ1v) is 5.99. The van der Waals surface area contributed by atoms with Gasteiger partial charge in [0.15, 0.2) is 5.82 Å². The van der Waals surface area contributed by atoms with Crippen LogP contribution in [0.1, 0.15) is 24.2 Å². The molecule has 1 unspecified atom stereocenters. The Labute approximate surface area is 105 Å². The number of likely N-dealkylation sites (N-methyl/N-ethyl adjacent to an activating group) is 1. The number of aromatic amines is 1. The molecule has 0 spiro atoms. The predicted molar refractivity (Wildman–Crippen MR) is 66.9 cm³/mol. The average molecular weight is 245 g/mol. The number of aromatic nitrogens is 4. The second kappa shape index (κ2) is 4.29. The van der Waals surface area contributed by atoms with E-state index in [0.717, 1.165) is 24.7 Å². The van der Waals surface area contributed by atoms with Crippen LogP contribution in [-0.4, -0.2) is 40.8 Å². The number of H-pyrrole nitrogens is 1. The number of rotatable bonds is 3. The maximum absolute atomic E-state index is 5.28. The maximum atomic E-state index is 5.28. The summed E-state index contributed by atoms with van der Waals surface area (Å²) in [5.74, 6) is 1.81. The normalized spacial score (nSPS) is 17.9. The highest BCUT2D eigenvalue weighted by molar-refractivity contribution is 5.64. The fourth-order valence-corrected chi connectivity index (χ4v) is 2.47. The minimum Gasteiger partial charge on any atom is -0.497 e. The summed E-state index contributed by atoms with van der Waals surface area (Å²) in [6, 6.07) is 6.13. The lowest BCUT2D eigenvalue weighted by Crippen LogP contribution is -2.21. The molecule has 2 heterocycles. The number of hydrogen-bond acceptors (Lipinski definition) is 5. The van der Waals surface area contributed by atoms with Crippen LogP contribution in [0.5, 0.6) is 5.75 Å². The molecule has 94 valence electrons. The highest BCUT2D eigenvalue weighted by atomic mass is 16.5. The highest BCUT2D eigenvalue weighted by Gasteiger charge is 2.31. The number of fused-ring (bicyclic) bond motifs is 1. The van der Waals surface area contributed by atoms with Crippen molar-refractivity contribution in [3.63, 3.8) is 0 Å². The Morgan fingerprint density at radius 3 is 3.06 bits per heavy atom. The van der Waals surface area contributed by atoms with Crippen LogP contribution in [0.3, 0.4) is 0 Å². The van der Waals surface area contributed by atoms with Gasteiger partial charge < -0.3 is 9.64 Å². The van der Waals surface area contributed by atoms with E-state index < -0.39 is 0 Å². The minimum atomic E-state index is 0.185. The number of anilines is 1. The molecule has 0 aliphatic carbocycles. The van der Waals surface area contributed by atoms with E-state index in [4.69, 9.17) is 4.74 Å². The van der Waals surface area contributed by atoms with Gasteiger partial charge in [-0.05, 0) is 18.6 Å². The first-order valence-electron chi connectivity index (χ1n) is 5.99. The lowest BCUT2D eigenvalue weighted by Gasteiger charge is -2.17. The molecule has 0 bridgehead atoms. The van der Waals surface area contributed by atoms with Crippen LogP contribution in [0.25, 0.3) is 0 Å². The van der Waals surface area contributed by atoms with Gasteiger partial charge in [0.25, 0.3) is 0 Å². The van der Waals surface area contributed by atoms with Crippen LogP contribution in [-0.2, 0) is 0 Å². The van der Waals surface area contributed by atoms with Crippen molar-refractivity contribution in [2.45, 2.75) is 12.8 Å². The van der Waals surface area contributed by atoms with Crippen LogP contribution < -0.4 is 9.64 Å². The monoisotopic (exact) mass is 245 g/mol. The molecule has 2 aromatic rings. The summed E-state index contributed by atoms with van der Waals surface area (Å²) in [5.41, 5.74) is 2.44. The lowest BCUT2D eigenvalue weighted by molar-refractivity contribution is 0.415. The summed E-state index contributed by atoms with van der Waals surface area (Å²) in [6.45, 7) is 3.98. The lowest BCUT2D eigenvalue weighted by atomic mass is 10.0. The van der Waals surface area contributed by atoms with Gasteiger partial charge in [-0.1, -0.05) is 11.3 Å². The Kier molecular flexibility index (Phi) is 2.62. The van der Waals surface area contributed by atoms with Gasteiger partial charge in [-0.25, -0.2) is 0 Å². The Bertz CT molecular complexity index is 539. The number of ether oxygens (including phenoxy) is 1. The largest absolute Gasteiger partial charge is 0.497 e. The third kappa shape index (κ3) is 1.61. The molecule has 1 N–H and O–H groups in total. The van der Waals surface area contributed by atoms with Crippen molar-refractivity contribution in [1.82, 2.24) is 20.6 Å². The van der Waals surface area contributed by atoms with E-state index in [0.29, 0.717) is 0 Å². The van der Waals surface area contributed by atoms with E-state index in [-0.39, 0.29) is 5.92 Å². The second-order valence-electron chi connectivity index (χ2n) is 4.29. The van der Waals surface area contributed by atoms with Gasteiger partial charge in [0.2, 0.25) is 0 Å². The molecular formula is C12H15N5O. The van der Waals surface area contributed by atoms with Gasteiger partial charge in [-0.2, -0.15) is 5.21 Å². The molecule has 1 aromatic heterocycles. The van der Waals surface area contributed by atoms with Gasteiger partial charge in [-0.3, -0.25) is 0 Å². The van der Waals surface area contributed by atoms with Crippen molar-refractivity contribution in [3.05, 3.63) is 29.6 Å². The Hall–Kier alpha value is -2.11. The van der Waals surface area contributed by atoms with E-state index in [9.17, 15) is 0 Å². The molecule has 0 saturated carbocycles. The van der Waals surface area contributed by atoms with Crippen molar-refractivity contribution < 1.29 is 4.74 Å². The zero-order valence-electron chi connectivity index (χ0n) is 10.4. The Balaban J connectivity index is 2.05. The van der Waals surface area contributed by atoms with Crippen molar-refractivity contribution in [3.8, 4) is 5.75 Å². The molecular weight excluding hydrogens is 230 g/mol. The molecule has 0 fully saturated rings. The van der Waals surface area contributed by atoms with E-state index in [1.54, 1.807) is 7.11 Å². The number of benzene rings is 1. The van der Waals surface area contributed by atoms with Gasteiger partial charge in [0, 0.05) is 24.8 Å². The number of hydrogen-bond donors (Lipinski definition) is 1. The second-order valence-corrected chi connectivity index (χ2v) is 4.29. The number of tetrazole rings is 1. The van der Waals surface area contributed by atoms with Crippen molar-refractivity contribution >= 4 is 5.69 Å². The van der Waals surface area contributed by atoms with Crippen molar-refractivity contribution in [2.24, 2.45) is 0 Å². The number of methoxy groups -OCH3 is 1. The third-order valence-corrected chi connectivity index (χ3v) is 3.41. The molecule has 1 aliphatic heterocycles. The van der Waals surface area contributed by atoms with E-state index in [1.807, 2.05) is 6.07 Å². The van der Waals surface area contributed by atoms with E-state index >= 15 is 0 Å². The zero-order chi connectivity index (χ0) is 12.5. The standard InChI is InChI=1S/C12H15N5O/c1-3-17-7-10(12-13-15-16-14-12)9-5-4-8(18-2)6-11(9)17/h4-6,10H,3,7H2,1-2H3,(H,13,14,15,16). The van der Waals surface area contributed by atoms with Crippen LogP contribution in [0.2, 0.25) is 0 Å². The van der Waals surface area contributed by atoms with E-state index in [2.05, 4.69) is 44.6 Å². The summed E-state index contributed by atoms with van der Waals surface area (Å²) < 4.78 is 5.28. The highest BCUT2D eigenvalue weighted by Crippen LogP contribution is 2.40. The number of nitrogens with zero attached hydrogens (tertiary/aromatic N) is 4. The Morgan fingerprint density at radius 2 is 2.39 bits per heavy atom. The minimum absolute atomic E-state index is 0.185. The van der Waals surface area contributed by atoms with Gasteiger partial charge in [0.05, 0.1) is 13.0 Å². The molecule has 6 nitrogen and oxygen atoms in total. The molecule has 0 saturated heterocycles. The summed E-state index contributed by atoms with van der Waals surface area (Å²) in [6.07, 6.45) is 0. The van der Waals surface area contributed by atoms with Crippen LogP contribution in [0.4, 0.5) is 5.69 Å². The first-order chi connectivity index (χ1) is 8.83. The first kappa shape index (κ1) is 11.0. The van der Waals surface area contributed by atoms with Crippen molar-refractivity contribution in [1.29, 1.82) is 0 Å². The molecule has 1 atom stereocenters. The molecule has 6 heteroatoms. The van der Waals surface area contributed by atoms with E-state index in [1.165, 1.54) is 11.3 Å². The smallest absolute Gasteiger partial charge is 0.183 e. The van der Waals surface area contributed by atoms with Crippen LogP contribution >= 0.6 is 0 Å². The maximum Gasteiger partial charge on any atom is 0.183 e. The van der Waals surface area contributed by atoms with Gasteiger partial charge in [0.1, 0.15) is 5.75 Å². The summed E-state index contributed by atoms with van der Waals surface area (Å²) in [5, 5.41) is 14.4. The fourth-order valence-electron chi connectivity index (χ4n) is 2.47. The molecule has 0 radical (unpaired) electrons. The van der Waals surface area contributed by atoms with Crippen molar-refractivity contribution in [2.75, 3.05) is 25.1 Å². The molecule has 1 aliphatic rings. The summed E-state index contributed by atoms with van der Waals surface area (Å²) in [4.78, 5) is 2.30. The molecule has 0 amide bonds. The topological polar surface area (TPSA) is 66.9 Å². The van der Waals surface area contributed by atoms with Crippen LogP contribution in [0.15, 0.2) is 18.2 Å². The average Bonchev–Trinajstić information content (AvgIpc) is 3.04. The van der Waals surface area contributed by atoms with Crippen LogP contribution in [0, 0.1) is 0 Å². The molecule has 3 rings (SSSR count). The molecule has 18 heavy (non-hydrogen) atoms.